The van der Waals surface area contributed by atoms with E-state index in [4.69, 9.17) is 9.84 Å². The molecule has 1 aromatic rings. The third kappa shape index (κ3) is 6.18. The lowest BCUT2D eigenvalue weighted by Gasteiger charge is -2.21. The van der Waals surface area contributed by atoms with E-state index in [0.717, 1.165) is 9.13 Å². The van der Waals surface area contributed by atoms with Crippen LogP contribution in [0.3, 0.4) is 0 Å². The van der Waals surface area contributed by atoms with Crippen LogP contribution in [0.25, 0.3) is 0 Å². The van der Waals surface area contributed by atoms with E-state index in [-0.39, 0.29) is 12.5 Å². The van der Waals surface area contributed by atoms with Crippen LogP contribution in [0.1, 0.15) is 33.3 Å². The number of hydrogen-bond acceptors (Lipinski definition) is 4. The van der Waals surface area contributed by atoms with Gasteiger partial charge in [-0.1, -0.05) is 6.07 Å². The summed E-state index contributed by atoms with van der Waals surface area (Å²) in [6.45, 7) is 6.78. The van der Waals surface area contributed by atoms with Gasteiger partial charge in [0.25, 0.3) is 0 Å². The Morgan fingerprint density at radius 3 is 2.50 bits per heavy atom. The van der Waals surface area contributed by atoms with E-state index in [1.54, 1.807) is 45.9 Å². The van der Waals surface area contributed by atoms with Crippen LogP contribution in [-0.2, 0) is 16.1 Å². The fraction of sp³-hybridized carbons (Fsp3) is 0.467. The highest BCUT2D eigenvalue weighted by Gasteiger charge is 2.21. The largest absolute Gasteiger partial charge is 0.444 e. The fourth-order valence-corrected chi connectivity index (χ4v) is 2.24. The molecule has 1 atom stereocenters. The highest BCUT2D eigenvalue weighted by atomic mass is 127. The summed E-state index contributed by atoms with van der Waals surface area (Å²) in [5.41, 5.74) is 0.777. The Kier molecular flexibility index (Phi) is 6.61. The second kappa shape index (κ2) is 7.77. The number of rotatable bonds is 4. The maximum Gasteiger partial charge on any atom is 0.408 e. The molecule has 0 heterocycles. The lowest BCUT2D eigenvalue weighted by molar-refractivity contribution is -0.117. The third-order valence-electron chi connectivity index (χ3n) is 2.62. The summed E-state index contributed by atoms with van der Waals surface area (Å²) in [6, 6.07) is 4.46. The van der Waals surface area contributed by atoms with Crippen LogP contribution in [-0.4, -0.2) is 28.7 Å². The summed E-state index contributed by atoms with van der Waals surface area (Å²) in [7, 11) is 0. The summed E-state index contributed by atoms with van der Waals surface area (Å²) >= 11 is 2.08. The van der Waals surface area contributed by atoms with E-state index >= 15 is 0 Å². The molecule has 1 rings (SSSR count). The third-order valence-corrected chi connectivity index (χ3v) is 3.62. The zero-order valence-electron chi connectivity index (χ0n) is 13.1. The first-order chi connectivity index (χ1) is 10.1. The van der Waals surface area contributed by atoms with Crippen molar-refractivity contribution in [3.63, 3.8) is 0 Å². The molecule has 7 heteroatoms. The van der Waals surface area contributed by atoms with Crippen molar-refractivity contribution in [2.75, 3.05) is 5.32 Å². The molecular weight excluding hydrogens is 399 g/mol. The fourth-order valence-electron chi connectivity index (χ4n) is 1.55. The molecule has 0 saturated carbocycles. The van der Waals surface area contributed by atoms with Gasteiger partial charge in [0.2, 0.25) is 5.91 Å². The molecule has 1 aromatic carbocycles. The van der Waals surface area contributed by atoms with Gasteiger partial charge in [-0.3, -0.25) is 4.79 Å². The zero-order chi connectivity index (χ0) is 16.9. The zero-order valence-corrected chi connectivity index (χ0v) is 15.2. The highest BCUT2D eigenvalue weighted by molar-refractivity contribution is 14.1. The molecule has 0 fully saturated rings. The van der Waals surface area contributed by atoms with E-state index in [1.807, 2.05) is 0 Å². The molecular formula is C15H21IN2O4. The Bertz CT molecular complexity index is 555. The molecule has 0 aliphatic heterocycles. The highest BCUT2D eigenvalue weighted by Crippen LogP contribution is 2.18. The van der Waals surface area contributed by atoms with Crippen LogP contribution < -0.4 is 10.6 Å². The Labute approximate surface area is 143 Å². The minimum Gasteiger partial charge on any atom is -0.444 e. The smallest absolute Gasteiger partial charge is 0.408 e. The van der Waals surface area contributed by atoms with Crippen molar-refractivity contribution in [3.05, 3.63) is 27.3 Å². The number of carbonyl (C=O) groups excluding carboxylic acids is 2. The Hall–Kier alpha value is -1.35. The number of carbonyl (C=O) groups is 2. The molecule has 0 spiro atoms. The molecule has 122 valence electrons. The van der Waals surface area contributed by atoms with Crippen molar-refractivity contribution >= 4 is 40.3 Å². The first-order valence-electron chi connectivity index (χ1n) is 6.82. The average Bonchev–Trinajstić information content (AvgIpc) is 2.36. The molecule has 6 nitrogen and oxygen atoms in total. The standard InChI is InChI=1S/C15H21IN2O4/c1-9(17-14(21)22-15(2,3)4)13(20)18-11-6-5-10(8-19)12(16)7-11/h5-7,9,19H,8H2,1-4H3,(H,17,21)(H,18,20). The number of anilines is 1. The Morgan fingerprint density at radius 1 is 1.36 bits per heavy atom. The van der Waals surface area contributed by atoms with Crippen molar-refractivity contribution in [3.8, 4) is 0 Å². The monoisotopic (exact) mass is 420 g/mol. The predicted octanol–water partition coefficient (Wildman–Crippen LogP) is 2.64. The van der Waals surface area contributed by atoms with Crippen molar-refractivity contribution in [1.82, 2.24) is 5.32 Å². The normalized spacial score (nSPS) is 12.5. The van der Waals surface area contributed by atoms with E-state index in [0.29, 0.717) is 5.69 Å². The average molecular weight is 420 g/mol. The van der Waals surface area contributed by atoms with Crippen molar-refractivity contribution in [2.24, 2.45) is 0 Å². The van der Waals surface area contributed by atoms with Crippen molar-refractivity contribution in [1.29, 1.82) is 0 Å². The molecule has 0 saturated heterocycles. The SMILES string of the molecule is CC(NC(=O)OC(C)(C)C)C(=O)Nc1ccc(CO)c(I)c1. The topological polar surface area (TPSA) is 87.7 Å². The van der Waals surface area contributed by atoms with Gasteiger partial charge < -0.3 is 20.5 Å². The van der Waals surface area contributed by atoms with Crippen LogP contribution in [0.5, 0.6) is 0 Å². The summed E-state index contributed by atoms with van der Waals surface area (Å²) < 4.78 is 5.95. The molecule has 3 N–H and O–H groups in total. The molecule has 0 aliphatic carbocycles. The Balaban J connectivity index is 2.61. The van der Waals surface area contributed by atoms with Gasteiger partial charge >= 0.3 is 6.09 Å². The molecule has 0 aliphatic rings. The molecule has 22 heavy (non-hydrogen) atoms. The number of ether oxygens (including phenoxy) is 1. The summed E-state index contributed by atoms with van der Waals surface area (Å²) in [5, 5.41) is 14.3. The molecule has 1 unspecified atom stereocenters. The van der Waals surface area contributed by atoms with Crippen molar-refractivity contribution in [2.45, 2.75) is 45.9 Å². The predicted molar refractivity (Wildman–Crippen MR) is 92.5 cm³/mol. The summed E-state index contributed by atoms with van der Waals surface area (Å²) in [5.74, 6) is -0.349. The van der Waals surface area contributed by atoms with Gasteiger partial charge in [-0.25, -0.2) is 4.79 Å². The van der Waals surface area contributed by atoms with E-state index < -0.39 is 17.7 Å². The van der Waals surface area contributed by atoms with Crippen LogP contribution in [0.15, 0.2) is 18.2 Å². The lowest BCUT2D eigenvalue weighted by Crippen LogP contribution is -2.43. The van der Waals surface area contributed by atoms with Crippen molar-refractivity contribution < 1.29 is 19.4 Å². The van der Waals surface area contributed by atoms with Crippen LogP contribution in [0.4, 0.5) is 10.5 Å². The summed E-state index contributed by atoms with van der Waals surface area (Å²) in [6.07, 6.45) is -0.639. The second-order valence-electron chi connectivity index (χ2n) is 5.82. The molecule has 0 bridgehead atoms. The maximum absolute atomic E-state index is 12.0. The number of hydrogen-bond donors (Lipinski definition) is 3. The quantitative estimate of drug-likeness (QED) is 0.654. The number of aliphatic hydroxyl groups excluding tert-OH is 1. The second-order valence-corrected chi connectivity index (χ2v) is 6.98. The Morgan fingerprint density at radius 2 is 2.00 bits per heavy atom. The van der Waals surface area contributed by atoms with Gasteiger partial charge in [0.15, 0.2) is 0 Å². The van der Waals surface area contributed by atoms with E-state index in [1.165, 1.54) is 0 Å². The number of halogens is 1. The number of nitrogens with one attached hydrogen (secondary N) is 2. The number of alkyl carbamates (subject to hydrolysis) is 1. The minimum atomic E-state index is -0.731. The molecule has 0 aromatic heterocycles. The lowest BCUT2D eigenvalue weighted by atomic mass is 10.2. The summed E-state index contributed by atoms with van der Waals surface area (Å²) in [4.78, 5) is 23.7. The van der Waals surface area contributed by atoms with Gasteiger partial charge in [-0.15, -0.1) is 0 Å². The van der Waals surface area contributed by atoms with Crippen LogP contribution in [0, 0.1) is 3.57 Å². The van der Waals surface area contributed by atoms with Gasteiger partial charge in [0, 0.05) is 9.26 Å². The van der Waals surface area contributed by atoms with Gasteiger partial charge in [-0.05, 0) is 68.0 Å². The van der Waals surface area contributed by atoms with E-state index in [9.17, 15) is 9.59 Å². The first kappa shape index (κ1) is 18.7. The first-order valence-corrected chi connectivity index (χ1v) is 7.90. The van der Waals surface area contributed by atoms with Gasteiger partial charge in [0.05, 0.1) is 6.61 Å². The van der Waals surface area contributed by atoms with E-state index in [2.05, 4.69) is 33.2 Å². The number of aliphatic hydroxyl groups is 1. The molecule has 0 radical (unpaired) electrons. The number of amides is 2. The minimum absolute atomic E-state index is 0.0525. The van der Waals surface area contributed by atoms with Gasteiger partial charge in [-0.2, -0.15) is 0 Å². The maximum atomic E-state index is 12.0. The van der Waals surface area contributed by atoms with Crippen LogP contribution >= 0.6 is 22.6 Å². The number of benzene rings is 1. The van der Waals surface area contributed by atoms with Gasteiger partial charge in [0.1, 0.15) is 11.6 Å². The van der Waals surface area contributed by atoms with Crippen LogP contribution in [0.2, 0.25) is 0 Å². The molecule has 2 amide bonds.